The van der Waals surface area contributed by atoms with Gasteiger partial charge in [0.05, 0.1) is 6.61 Å². The van der Waals surface area contributed by atoms with Crippen LogP contribution in [0.1, 0.15) is 42.0 Å². The number of aryl methyl sites for hydroxylation is 1. The average Bonchev–Trinajstić information content (AvgIpc) is 2.45. The Morgan fingerprint density at radius 1 is 1.00 bits per heavy atom. The Labute approximate surface area is 121 Å². The third-order valence-electron chi connectivity index (χ3n) is 3.47. The Bertz CT molecular complexity index is 556. The highest BCUT2D eigenvalue weighted by atomic mass is 16.5. The van der Waals surface area contributed by atoms with E-state index in [4.69, 9.17) is 9.84 Å². The molecule has 0 saturated heterocycles. The van der Waals surface area contributed by atoms with Crippen LogP contribution in [0.15, 0.2) is 42.5 Å². The molecule has 0 bridgehead atoms. The molecule has 2 aromatic rings. The quantitative estimate of drug-likeness (QED) is 0.882. The molecule has 2 rings (SSSR count). The molecule has 0 unspecified atom stereocenters. The third kappa shape index (κ3) is 3.61. The summed E-state index contributed by atoms with van der Waals surface area (Å²) in [4.78, 5) is 0. The first-order valence-corrected chi connectivity index (χ1v) is 7.02. The van der Waals surface area contributed by atoms with Gasteiger partial charge in [-0.3, -0.25) is 0 Å². The lowest BCUT2D eigenvalue weighted by molar-refractivity contribution is 0.281. The highest BCUT2D eigenvalue weighted by molar-refractivity contribution is 5.36. The van der Waals surface area contributed by atoms with Crippen LogP contribution in [-0.4, -0.2) is 5.11 Å². The van der Waals surface area contributed by atoms with Crippen molar-refractivity contribution in [1.29, 1.82) is 0 Å². The van der Waals surface area contributed by atoms with Crippen molar-refractivity contribution in [1.82, 2.24) is 0 Å². The van der Waals surface area contributed by atoms with Crippen LogP contribution in [-0.2, 0) is 13.2 Å². The summed E-state index contributed by atoms with van der Waals surface area (Å²) in [7, 11) is 0. The Morgan fingerprint density at radius 2 is 1.65 bits per heavy atom. The van der Waals surface area contributed by atoms with Gasteiger partial charge in [0.1, 0.15) is 12.4 Å². The van der Waals surface area contributed by atoms with E-state index in [0.717, 1.165) is 16.9 Å². The van der Waals surface area contributed by atoms with E-state index in [1.54, 1.807) is 0 Å². The van der Waals surface area contributed by atoms with Crippen LogP contribution in [0.3, 0.4) is 0 Å². The van der Waals surface area contributed by atoms with Gasteiger partial charge >= 0.3 is 0 Å². The van der Waals surface area contributed by atoms with Gasteiger partial charge in [0.2, 0.25) is 0 Å². The topological polar surface area (TPSA) is 29.5 Å². The SMILES string of the molecule is Cc1cc(OCc2ccc(CO)cc2)ccc1C(C)C. The van der Waals surface area contributed by atoms with E-state index in [1.807, 2.05) is 30.3 Å². The van der Waals surface area contributed by atoms with E-state index in [2.05, 4.69) is 32.9 Å². The van der Waals surface area contributed by atoms with Crippen LogP contribution in [0.5, 0.6) is 5.75 Å². The smallest absolute Gasteiger partial charge is 0.120 e. The third-order valence-corrected chi connectivity index (χ3v) is 3.47. The molecular weight excluding hydrogens is 248 g/mol. The van der Waals surface area contributed by atoms with Crippen molar-refractivity contribution >= 4 is 0 Å². The van der Waals surface area contributed by atoms with Crippen LogP contribution in [0.2, 0.25) is 0 Å². The van der Waals surface area contributed by atoms with E-state index in [1.165, 1.54) is 11.1 Å². The predicted molar refractivity (Wildman–Crippen MR) is 82.0 cm³/mol. The second-order valence-electron chi connectivity index (χ2n) is 5.44. The molecule has 0 atom stereocenters. The summed E-state index contributed by atoms with van der Waals surface area (Å²) in [6.45, 7) is 7.15. The fraction of sp³-hybridized carbons (Fsp3) is 0.333. The molecule has 2 heteroatoms. The minimum absolute atomic E-state index is 0.0804. The van der Waals surface area contributed by atoms with E-state index in [-0.39, 0.29) is 6.61 Å². The first kappa shape index (κ1) is 14.6. The summed E-state index contributed by atoms with van der Waals surface area (Å²) in [5.74, 6) is 1.44. The van der Waals surface area contributed by atoms with Crippen LogP contribution < -0.4 is 4.74 Å². The maximum Gasteiger partial charge on any atom is 0.120 e. The van der Waals surface area contributed by atoms with Crippen molar-refractivity contribution in [2.75, 3.05) is 0 Å². The maximum atomic E-state index is 9.01. The van der Waals surface area contributed by atoms with Gasteiger partial charge in [0.15, 0.2) is 0 Å². The van der Waals surface area contributed by atoms with E-state index in [0.29, 0.717) is 12.5 Å². The monoisotopic (exact) mass is 270 g/mol. The number of aliphatic hydroxyl groups excluding tert-OH is 1. The van der Waals surface area contributed by atoms with E-state index < -0.39 is 0 Å². The summed E-state index contributed by atoms with van der Waals surface area (Å²) in [6.07, 6.45) is 0. The van der Waals surface area contributed by atoms with Crippen LogP contribution in [0, 0.1) is 6.92 Å². The van der Waals surface area contributed by atoms with Gasteiger partial charge in [-0.1, -0.05) is 44.2 Å². The summed E-state index contributed by atoms with van der Waals surface area (Å²) in [6, 6.07) is 14.1. The summed E-state index contributed by atoms with van der Waals surface area (Å²) < 4.78 is 5.82. The maximum absolute atomic E-state index is 9.01. The number of hydrogen-bond acceptors (Lipinski definition) is 2. The molecule has 0 aromatic heterocycles. The van der Waals surface area contributed by atoms with Crippen molar-refractivity contribution < 1.29 is 9.84 Å². The zero-order valence-corrected chi connectivity index (χ0v) is 12.4. The van der Waals surface area contributed by atoms with Gasteiger partial charge in [0, 0.05) is 0 Å². The summed E-state index contributed by atoms with van der Waals surface area (Å²) >= 11 is 0. The van der Waals surface area contributed by atoms with Gasteiger partial charge in [-0.2, -0.15) is 0 Å². The average molecular weight is 270 g/mol. The van der Waals surface area contributed by atoms with E-state index in [9.17, 15) is 0 Å². The zero-order valence-electron chi connectivity index (χ0n) is 12.4. The molecule has 106 valence electrons. The molecule has 0 heterocycles. The Morgan fingerprint density at radius 3 is 2.20 bits per heavy atom. The second-order valence-corrected chi connectivity index (χ2v) is 5.44. The fourth-order valence-electron chi connectivity index (χ4n) is 2.29. The van der Waals surface area contributed by atoms with Gasteiger partial charge in [-0.25, -0.2) is 0 Å². The summed E-state index contributed by atoms with van der Waals surface area (Å²) in [5.41, 5.74) is 4.66. The first-order valence-electron chi connectivity index (χ1n) is 7.02. The lowest BCUT2D eigenvalue weighted by Crippen LogP contribution is -1.98. The number of aliphatic hydroxyl groups is 1. The molecule has 0 aliphatic heterocycles. The molecule has 0 spiro atoms. The highest BCUT2D eigenvalue weighted by Gasteiger charge is 2.05. The Balaban J connectivity index is 2.01. The molecule has 0 fully saturated rings. The molecule has 0 amide bonds. The van der Waals surface area contributed by atoms with E-state index >= 15 is 0 Å². The number of benzene rings is 2. The highest BCUT2D eigenvalue weighted by Crippen LogP contribution is 2.24. The zero-order chi connectivity index (χ0) is 14.5. The molecule has 20 heavy (non-hydrogen) atoms. The predicted octanol–water partition coefficient (Wildman–Crippen LogP) is 4.19. The second kappa shape index (κ2) is 6.58. The van der Waals surface area contributed by atoms with Crippen LogP contribution >= 0.6 is 0 Å². The molecule has 0 radical (unpaired) electrons. The van der Waals surface area contributed by atoms with Crippen molar-refractivity contribution in [3.63, 3.8) is 0 Å². The van der Waals surface area contributed by atoms with Gasteiger partial charge in [-0.05, 0) is 47.2 Å². The summed E-state index contributed by atoms with van der Waals surface area (Å²) in [5, 5.41) is 9.01. The van der Waals surface area contributed by atoms with Crippen molar-refractivity contribution in [3.05, 3.63) is 64.7 Å². The number of ether oxygens (including phenoxy) is 1. The van der Waals surface area contributed by atoms with Crippen LogP contribution in [0.25, 0.3) is 0 Å². The van der Waals surface area contributed by atoms with Crippen molar-refractivity contribution in [3.8, 4) is 5.75 Å². The molecular formula is C18H22O2. The fourth-order valence-corrected chi connectivity index (χ4v) is 2.29. The van der Waals surface area contributed by atoms with Crippen LogP contribution in [0.4, 0.5) is 0 Å². The molecule has 0 aliphatic rings. The number of rotatable bonds is 5. The lowest BCUT2D eigenvalue weighted by Gasteiger charge is -2.12. The van der Waals surface area contributed by atoms with Gasteiger partial charge in [-0.15, -0.1) is 0 Å². The van der Waals surface area contributed by atoms with Crippen molar-refractivity contribution in [2.45, 2.75) is 39.9 Å². The largest absolute Gasteiger partial charge is 0.489 e. The lowest BCUT2D eigenvalue weighted by atomic mass is 9.98. The van der Waals surface area contributed by atoms with Gasteiger partial charge in [0.25, 0.3) is 0 Å². The Kier molecular flexibility index (Phi) is 4.80. The molecule has 1 N–H and O–H groups in total. The molecule has 2 nitrogen and oxygen atoms in total. The normalized spacial score (nSPS) is 10.8. The number of hydrogen-bond donors (Lipinski definition) is 1. The standard InChI is InChI=1S/C18H22O2/c1-13(2)18-9-8-17(10-14(18)3)20-12-16-6-4-15(11-19)5-7-16/h4-10,13,19H,11-12H2,1-3H3. The minimum Gasteiger partial charge on any atom is -0.489 e. The molecule has 2 aromatic carbocycles. The first-order chi connectivity index (χ1) is 9.60. The molecule has 0 saturated carbocycles. The van der Waals surface area contributed by atoms with Gasteiger partial charge < -0.3 is 9.84 Å². The van der Waals surface area contributed by atoms with Crippen molar-refractivity contribution in [2.24, 2.45) is 0 Å². The molecule has 0 aliphatic carbocycles. The minimum atomic E-state index is 0.0804. The Hall–Kier alpha value is -1.80.